The van der Waals surface area contributed by atoms with Gasteiger partial charge in [-0.3, -0.25) is 0 Å². The van der Waals surface area contributed by atoms with E-state index in [1.165, 1.54) is 6.33 Å². The Kier molecular flexibility index (Phi) is 3.66. The Morgan fingerprint density at radius 3 is 3.05 bits per heavy atom. The number of nitrogens with two attached hydrogens (primary N) is 1. The molecule has 0 unspecified atom stereocenters. The van der Waals surface area contributed by atoms with Gasteiger partial charge in [-0.25, -0.2) is 19.8 Å². The molecule has 0 aliphatic heterocycles. The van der Waals surface area contributed by atoms with Gasteiger partial charge in [0.05, 0.1) is 6.10 Å². The van der Waals surface area contributed by atoms with E-state index in [1.54, 1.807) is 6.20 Å². The largest absolute Gasteiger partial charge is 0.393 e. The van der Waals surface area contributed by atoms with E-state index in [0.29, 0.717) is 12.8 Å². The average molecular weight is 311 g/mol. The molecule has 2 aromatic heterocycles. The van der Waals surface area contributed by atoms with Gasteiger partial charge in [-0.05, 0) is 18.9 Å². The summed E-state index contributed by atoms with van der Waals surface area (Å²) >= 11 is 0. The minimum atomic E-state index is -3.73. The molecule has 2 aromatic rings. The molecule has 21 heavy (non-hydrogen) atoms. The van der Waals surface area contributed by atoms with Crippen LogP contribution < -0.4 is 9.86 Å². The van der Waals surface area contributed by atoms with Crippen molar-refractivity contribution in [1.29, 1.82) is 0 Å². The number of fused-ring (bicyclic) bond motifs is 1. The number of aromatic nitrogens is 3. The highest BCUT2D eigenvalue weighted by Gasteiger charge is 2.34. The summed E-state index contributed by atoms with van der Waals surface area (Å²) in [5, 5.41) is 16.0. The van der Waals surface area contributed by atoms with Crippen molar-refractivity contribution in [3.63, 3.8) is 0 Å². The predicted molar refractivity (Wildman–Crippen MR) is 76.4 cm³/mol. The van der Waals surface area contributed by atoms with E-state index in [2.05, 4.69) is 14.7 Å². The topological polar surface area (TPSA) is 123 Å². The lowest BCUT2D eigenvalue weighted by Gasteiger charge is -2.14. The Morgan fingerprint density at radius 2 is 2.29 bits per heavy atom. The summed E-state index contributed by atoms with van der Waals surface area (Å²) in [4.78, 5) is 8.23. The van der Waals surface area contributed by atoms with Crippen LogP contribution in [-0.4, -0.2) is 40.7 Å². The lowest BCUT2D eigenvalue weighted by atomic mass is 10.1. The molecule has 114 valence electrons. The summed E-state index contributed by atoms with van der Waals surface area (Å²) in [5.74, 6) is -0.160. The highest BCUT2D eigenvalue weighted by Crippen LogP contribution is 2.36. The Balaban J connectivity index is 1.76. The van der Waals surface area contributed by atoms with Gasteiger partial charge in [-0.2, -0.15) is 8.42 Å². The van der Waals surface area contributed by atoms with Crippen molar-refractivity contribution in [2.75, 3.05) is 6.54 Å². The maximum atomic E-state index is 10.9. The fourth-order valence-electron chi connectivity index (χ4n) is 2.94. The molecule has 1 saturated carbocycles. The molecule has 3 rings (SSSR count). The number of hydrogen-bond acceptors (Lipinski definition) is 5. The van der Waals surface area contributed by atoms with Crippen LogP contribution in [0.4, 0.5) is 0 Å². The van der Waals surface area contributed by atoms with Crippen molar-refractivity contribution in [3.8, 4) is 0 Å². The van der Waals surface area contributed by atoms with Gasteiger partial charge >= 0.3 is 0 Å². The molecule has 4 N–H and O–H groups in total. The van der Waals surface area contributed by atoms with Crippen LogP contribution in [0.25, 0.3) is 11.0 Å². The standard InChI is InChI=1S/C12H17N5O3S/c13-21(19,20)16-6-9-3-10(4-11(9)18)17-2-1-8-5-14-7-15-12(8)17/h1-2,5,7,9-11,16,18H,3-4,6H2,(H2,13,19,20)/t9-,10+,11-/m0/s1. The minimum Gasteiger partial charge on any atom is -0.393 e. The second kappa shape index (κ2) is 5.34. The maximum Gasteiger partial charge on any atom is 0.274 e. The van der Waals surface area contributed by atoms with Crippen LogP contribution in [0, 0.1) is 5.92 Å². The Bertz CT molecular complexity index is 744. The van der Waals surface area contributed by atoms with E-state index in [9.17, 15) is 13.5 Å². The van der Waals surface area contributed by atoms with E-state index >= 15 is 0 Å². The summed E-state index contributed by atoms with van der Waals surface area (Å²) in [6.07, 6.45) is 5.81. The molecule has 0 saturated heterocycles. The fourth-order valence-corrected chi connectivity index (χ4v) is 3.38. The predicted octanol–water partition coefficient (Wildman–Crippen LogP) is -0.464. The van der Waals surface area contributed by atoms with Gasteiger partial charge < -0.3 is 9.67 Å². The molecule has 2 heterocycles. The molecule has 0 spiro atoms. The summed E-state index contributed by atoms with van der Waals surface area (Å²) < 4.78 is 26.1. The number of nitrogens with one attached hydrogen (secondary N) is 1. The maximum absolute atomic E-state index is 10.9. The van der Waals surface area contributed by atoms with E-state index in [-0.39, 0.29) is 18.5 Å². The molecule has 1 fully saturated rings. The molecular formula is C12H17N5O3S. The number of aliphatic hydroxyl groups is 1. The third kappa shape index (κ3) is 3.05. The third-order valence-corrected chi connectivity index (χ3v) is 4.52. The molecule has 0 radical (unpaired) electrons. The number of hydrogen-bond donors (Lipinski definition) is 3. The van der Waals surface area contributed by atoms with Crippen LogP contribution in [0.1, 0.15) is 18.9 Å². The minimum absolute atomic E-state index is 0.0830. The first-order valence-electron chi connectivity index (χ1n) is 6.66. The zero-order chi connectivity index (χ0) is 15.0. The normalized spacial score (nSPS) is 26.5. The van der Waals surface area contributed by atoms with Crippen molar-refractivity contribution in [3.05, 3.63) is 24.8 Å². The van der Waals surface area contributed by atoms with Crippen molar-refractivity contribution < 1.29 is 13.5 Å². The van der Waals surface area contributed by atoms with Gasteiger partial charge in [0.25, 0.3) is 10.2 Å². The van der Waals surface area contributed by atoms with Gasteiger partial charge in [0.15, 0.2) is 0 Å². The van der Waals surface area contributed by atoms with Gasteiger partial charge in [-0.1, -0.05) is 0 Å². The summed E-state index contributed by atoms with van der Waals surface area (Å²) in [6, 6.07) is 2.01. The zero-order valence-corrected chi connectivity index (χ0v) is 12.1. The lowest BCUT2D eigenvalue weighted by Crippen LogP contribution is -2.36. The monoisotopic (exact) mass is 311 g/mol. The highest BCUT2D eigenvalue weighted by atomic mass is 32.2. The van der Waals surface area contributed by atoms with E-state index in [1.807, 2.05) is 16.8 Å². The van der Waals surface area contributed by atoms with Gasteiger partial charge in [0.2, 0.25) is 0 Å². The van der Waals surface area contributed by atoms with Crippen LogP contribution >= 0.6 is 0 Å². The van der Waals surface area contributed by atoms with E-state index in [4.69, 9.17) is 5.14 Å². The average Bonchev–Trinajstić information content (AvgIpc) is 2.99. The molecular weight excluding hydrogens is 294 g/mol. The van der Waals surface area contributed by atoms with Crippen LogP contribution in [0.5, 0.6) is 0 Å². The zero-order valence-electron chi connectivity index (χ0n) is 11.3. The highest BCUT2D eigenvalue weighted by molar-refractivity contribution is 7.87. The Morgan fingerprint density at radius 1 is 1.48 bits per heavy atom. The third-order valence-electron chi connectivity index (χ3n) is 3.95. The number of rotatable bonds is 4. The van der Waals surface area contributed by atoms with Crippen molar-refractivity contribution in [1.82, 2.24) is 19.3 Å². The first kappa shape index (κ1) is 14.4. The Hall–Kier alpha value is -1.55. The lowest BCUT2D eigenvalue weighted by molar-refractivity contribution is 0.133. The second-order valence-corrected chi connectivity index (χ2v) is 6.75. The van der Waals surface area contributed by atoms with Crippen molar-refractivity contribution >= 4 is 21.2 Å². The van der Waals surface area contributed by atoms with Gasteiger partial charge in [0.1, 0.15) is 12.0 Å². The molecule has 0 aromatic carbocycles. The summed E-state index contributed by atoms with van der Waals surface area (Å²) in [5.41, 5.74) is 0.822. The first-order chi connectivity index (χ1) is 9.94. The smallest absolute Gasteiger partial charge is 0.274 e. The summed E-state index contributed by atoms with van der Waals surface area (Å²) in [7, 11) is -3.73. The van der Waals surface area contributed by atoms with E-state index in [0.717, 1.165) is 11.0 Å². The van der Waals surface area contributed by atoms with Gasteiger partial charge in [0, 0.05) is 36.3 Å². The molecule has 0 amide bonds. The summed E-state index contributed by atoms with van der Waals surface area (Å²) in [6.45, 7) is 0.144. The van der Waals surface area contributed by atoms with Crippen LogP contribution in [0.2, 0.25) is 0 Å². The first-order valence-corrected chi connectivity index (χ1v) is 8.20. The second-order valence-electron chi connectivity index (χ2n) is 5.37. The Labute approximate surface area is 122 Å². The SMILES string of the molecule is NS(=O)(=O)NC[C@@H]1C[C@@H](n2ccc3cncnc32)C[C@@H]1O. The molecule has 3 atom stereocenters. The van der Waals surface area contributed by atoms with Gasteiger partial charge in [-0.15, -0.1) is 0 Å². The van der Waals surface area contributed by atoms with Crippen molar-refractivity contribution in [2.45, 2.75) is 25.0 Å². The van der Waals surface area contributed by atoms with Crippen LogP contribution in [0.3, 0.4) is 0 Å². The van der Waals surface area contributed by atoms with E-state index < -0.39 is 16.3 Å². The molecule has 8 nitrogen and oxygen atoms in total. The number of nitrogens with zero attached hydrogens (tertiary/aromatic N) is 3. The fraction of sp³-hybridized carbons (Fsp3) is 0.500. The molecule has 9 heteroatoms. The molecule has 1 aliphatic carbocycles. The van der Waals surface area contributed by atoms with Crippen LogP contribution in [0.15, 0.2) is 24.8 Å². The quantitative estimate of drug-likeness (QED) is 0.705. The van der Waals surface area contributed by atoms with Crippen LogP contribution in [-0.2, 0) is 10.2 Å². The molecule has 0 bridgehead atoms. The number of aliphatic hydroxyl groups excluding tert-OH is 1. The van der Waals surface area contributed by atoms with Crippen molar-refractivity contribution in [2.24, 2.45) is 11.1 Å². The molecule has 1 aliphatic rings.